The molecule has 136 valence electrons. The molecule has 0 aromatic heterocycles. The first kappa shape index (κ1) is 19.0. The van der Waals surface area contributed by atoms with E-state index in [1.807, 2.05) is 44.2 Å². The van der Waals surface area contributed by atoms with E-state index in [9.17, 15) is 25.0 Å². The first-order valence-electron chi connectivity index (χ1n) is 8.04. The van der Waals surface area contributed by atoms with Crippen molar-refractivity contribution < 1.29 is 14.6 Å². The van der Waals surface area contributed by atoms with Crippen LogP contribution in [-0.4, -0.2) is 26.7 Å². The third-order valence-electron chi connectivity index (χ3n) is 3.96. The molecule has 2 rings (SSSR count). The first-order valence-corrected chi connectivity index (χ1v) is 8.04. The highest BCUT2D eigenvalue weighted by molar-refractivity contribution is 5.80. The Bertz CT molecular complexity index is 821. The van der Waals surface area contributed by atoms with Crippen LogP contribution in [-0.2, 0) is 17.8 Å². The van der Waals surface area contributed by atoms with Gasteiger partial charge in [-0.2, -0.15) is 0 Å². The Balaban J connectivity index is 2.26. The number of hydrogen-bond acceptors (Lipinski definition) is 5. The number of hydrogen-bond donors (Lipinski definition) is 0. The molecule has 0 spiro atoms. The van der Waals surface area contributed by atoms with Crippen molar-refractivity contribution in [3.63, 3.8) is 0 Å². The van der Waals surface area contributed by atoms with Crippen molar-refractivity contribution >= 4 is 17.3 Å². The van der Waals surface area contributed by atoms with Gasteiger partial charge in [0.1, 0.15) is 0 Å². The minimum atomic E-state index is -0.702. The Kier molecular flexibility index (Phi) is 6.00. The number of nitro benzene ring substituents is 2. The third kappa shape index (κ3) is 4.62. The van der Waals surface area contributed by atoms with E-state index in [2.05, 4.69) is 0 Å². The molecule has 1 amide bonds. The first-order chi connectivity index (χ1) is 12.3. The molecule has 0 bridgehead atoms. The zero-order valence-electron chi connectivity index (χ0n) is 14.5. The topological polar surface area (TPSA) is 107 Å². The Morgan fingerprint density at radius 1 is 1.04 bits per heavy atom. The van der Waals surface area contributed by atoms with Gasteiger partial charge in [-0.1, -0.05) is 30.3 Å². The van der Waals surface area contributed by atoms with Crippen molar-refractivity contribution in [2.24, 2.45) is 0 Å². The van der Waals surface area contributed by atoms with Crippen LogP contribution in [0.25, 0.3) is 0 Å². The van der Waals surface area contributed by atoms with Gasteiger partial charge >= 0.3 is 0 Å². The molecule has 8 heteroatoms. The van der Waals surface area contributed by atoms with Crippen LogP contribution in [0.15, 0.2) is 48.5 Å². The maximum atomic E-state index is 12.7. The molecule has 2 aromatic rings. The van der Waals surface area contributed by atoms with Crippen molar-refractivity contribution in [3.8, 4) is 0 Å². The van der Waals surface area contributed by atoms with E-state index in [-0.39, 0.29) is 29.6 Å². The monoisotopic (exact) mass is 357 g/mol. The van der Waals surface area contributed by atoms with E-state index >= 15 is 0 Å². The average Bonchev–Trinajstić information content (AvgIpc) is 2.60. The van der Waals surface area contributed by atoms with Gasteiger partial charge in [0.2, 0.25) is 5.91 Å². The SMILES string of the molecule is CC(C)N(Cc1ccccc1)C(=O)Cc1ccc([N+](=O)[O-])cc1[N+](=O)[O-]. The number of rotatable bonds is 7. The third-order valence-corrected chi connectivity index (χ3v) is 3.96. The summed E-state index contributed by atoms with van der Waals surface area (Å²) in [6, 6.07) is 12.7. The fourth-order valence-corrected chi connectivity index (χ4v) is 2.59. The quantitative estimate of drug-likeness (QED) is 0.557. The maximum Gasteiger partial charge on any atom is 0.279 e. The zero-order valence-corrected chi connectivity index (χ0v) is 14.5. The molecule has 0 saturated carbocycles. The fourth-order valence-electron chi connectivity index (χ4n) is 2.59. The Morgan fingerprint density at radius 3 is 2.23 bits per heavy atom. The van der Waals surface area contributed by atoms with Gasteiger partial charge in [0, 0.05) is 24.2 Å². The summed E-state index contributed by atoms with van der Waals surface area (Å²) >= 11 is 0. The zero-order chi connectivity index (χ0) is 19.3. The molecule has 0 atom stereocenters. The van der Waals surface area contributed by atoms with Crippen LogP contribution < -0.4 is 0 Å². The fraction of sp³-hybridized carbons (Fsp3) is 0.278. The number of non-ortho nitro benzene ring substituents is 1. The number of carbonyl (C=O) groups is 1. The summed E-state index contributed by atoms with van der Waals surface area (Å²) in [6.07, 6.45) is -0.195. The summed E-state index contributed by atoms with van der Waals surface area (Å²) in [7, 11) is 0. The Hall–Kier alpha value is -3.29. The molecule has 2 aromatic carbocycles. The van der Waals surface area contributed by atoms with Crippen LogP contribution in [0.3, 0.4) is 0 Å². The lowest BCUT2D eigenvalue weighted by Gasteiger charge is -2.27. The van der Waals surface area contributed by atoms with E-state index < -0.39 is 15.5 Å². The lowest BCUT2D eigenvalue weighted by Crippen LogP contribution is -2.37. The number of carbonyl (C=O) groups excluding carboxylic acids is 1. The van der Waals surface area contributed by atoms with Crippen molar-refractivity contribution in [2.75, 3.05) is 0 Å². The van der Waals surface area contributed by atoms with Gasteiger partial charge in [0.25, 0.3) is 11.4 Å². The van der Waals surface area contributed by atoms with Crippen LogP contribution >= 0.6 is 0 Å². The highest BCUT2D eigenvalue weighted by atomic mass is 16.6. The summed E-state index contributed by atoms with van der Waals surface area (Å²) in [5.74, 6) is -0.277. The largest absolute Gasteiger partial charge is 0.336 e. The normalized spacial score (nSPS) is 10.6. The highest BCUT2D eigenvalue weighted by Gasteiger charge is 2.24. The number of benzene rings is 2. The molecule has 26 heavy (non-hydrogen) atoms. The predicted octanol–water partition coefficient (Wildman–Crippen LogP) is 3.48. The summed E-state index contributed by atoms with van der Waals surface area (Å²) in [4.78, 5) is 35.0. The van der Waals surface area contributed by atoms with Crippen LogP contribution in [0, 0.1) is 20.2 Å². The van der Waals surface area contributed by atoms with E-state index in [1.54, 1.807) is 4.90 Å². The Labute approximate surface area is 150 Å². The van der Waals surface area contributed by atoms with Crippen LogP contribution in [0.4, 0.5) is 11.4 Å². The van der Waals surface area contributed by atoms with E-state index in [0.717, 1.165) is 11.6 Å². The molecule has 0 N–H and O–H groups in total. The predicted molar refractivity (Wildman–Crippen MR) is 95.6 cm³/mol. The molecule has 0 aliphatic rings. The van der Waals surface area contributed by atoms with E-state index in [4.69, 9.17) is 0 Å². The summed E-state index contributed by atoms with van der Waals surface area (Å²) < 4.78 is 0. The van der Waals surface area contributed by atoms with Crippen LogP contribution in [0.5, 0.6) is 0 Å². The lowest BCUT2D eigenvalue weighted by molar-refractivity contribution is -0.394. The number of nitro groups is 2. The van der Waals surface area contributed by atoms with Crippen LogP contribution in [0.2, 0.25) is 0 Å². The van der Waals surface area contributed by atoms with Gasteiger partial charge in [0.05, 0.1) is 22.3 Å². The van der Waals surface area contributed by atoms with Gasteiger partial charge in [-0.25, -0.2) is 0 Å². The van der Waals surface area contributed by atoms with Crippen LogP contribution in [0.1, 0.15) is 25.0 Å². The maximum absolute atomic E-state index is 12.7. The molecule has 0 fully saturated rings. The van der Waals surface area contributed by atoms with Crippen molar-refractivity contribution in [3.05, 3.63) is 79.9 Å². The van der Waals surface area contributed by atoms with E-state index in [0.29, 0.717) is 6.54 Å². The van der Waals surface area contributed by atoms with Gasteiger partial charge < -0.3 is 4.90 Å². The molecule has 0 aliphatic carbocycles. The standard InChI is InChI=1S/C18H19N3O5/c1-13(2)19(12-14-6-4-3-5-7-14)18(22)10-15-8-9-16(20(23)24)11-17(15)21(25)26/h3-9,11,13H,10,12H2,1-2H3. The average molecular weight is 357 g/mol. The van der Waals surface area contributed by atoms with E-state index in [1.165, 1.54) is 12.1 Å². The minimum Gasteiger partial charge on any atom is -0.336 e. The summed E-state index contributed by atoms with van der Waals surface area (Å²) in [5.41, 5.74) is 0.311. The summed E-state index contributed by atoms with van der Waals surface area (Å²) in [6.45, 7) is 4.12. The van der Waals surface area contributed by atoms with Gasteiger partial charge in [-0.3, -0.25) is 25.0 Å². The molecule has 8 nitrogen and oxygen atoms in total. The highest BCUT2D eigenvalue weighted by Crippen LogP contribution is 2.26. The second-order valence-electron chi connectivity index (χ2n) is 6.10. The molecule has 0 aliphatic heterocycles. The Morgan fingerprint density at radius 2 is 1.69 bits per heavy atom. The molecule has 0 saturated heterocycles. The van der Waals surface area contributed by atoms with Gasteiger partial charge in [0.15, 0.2) is 0 Å². The molecule has 0 radical (unpaired) electrons. The number of amides is 1. The van der Waals surface area contributed by atoms with Gasteiger partial charge in [-0.05, 0) is 25.5 Å². The van der Waals surface area contributed by atoms with Crippen molar-refractivity contribution in [2.45, 2.75) is 32.9 Å². The second-order valence-corrected chi connectivity index (χ2v) is 6.10. The molecule has 0 heterocycles. The number of nitrogens with zero attached hydrogens (tertiary/aromatic N) is 3. The van der Waals surface area contributed by atoms with Crippen molar-refractivity contribution in [1.29, 1.82) is 0 Å². The van der Waals surface area contributed by atoms with Crippen molar-refractivity contribution in [1.82, 2.24) is 4.90 Å². The molecular weight excluding hydrogens is 338 g/mol. The molecular formula is C18H19N3O5. The second kappa shape index (κ2) is 8.19. The summed E-state index contributed by atoms with van der Waals surface area (Å²) in [5, 5.41) is 22.0. The smallest absolute Gasteiger partial charge is 0.279 e. The lowest BCUT2D eigenvalue weighted by atomic mass is 10.1. The molecule has 0 unspecified atom stereocenters. The minimum absolute atomic E-state index is 0.0974. The van der Waals surface area contributed by atoms with Gasteiger partial charge in [-0.15, -0.1) is 0 Å².